The normalized spacial score (nSPS) is 28.0. The standard InChI is InChI=1S/C14H17NO3/c1-8-10-7-9(4-5-11(10)15-14(8)17)13(16)12-3-2-6-18-12/h4-5,7-8,12-13,16H,2-3,6H2,1H3,(H,15,17). The van der Waals surface area contributed by atoms with Crippen molar-refractivity contribution in [3.63, 3.8) is 0 Å². The maximum atomic E-state index is 11.6. The van der Waals surface area contributed by atoms with Crippen molar-refractivity contribution in [2.75, 3.05) is 11.9 Å². The van der Waals surface area contributed by atoms with E-state index in [-0.39, 0.29) is 17.9 Å². The van der Waals surface area contributed by atoms with E-state index in [1.165, 1.54) is 0 Å². The molecule has 2 N–H and O–H groups in total. The number of carbonyl (C=O) groups excluding carboxylic acids is 1. The number of nitrogens with one attached hydrogen (secondary N) is 1. The molecule has 0 spiro atoms. The van der Waals surface area contributed by atoms with Gasteiger partial charge in [-0.15, -0.1) is 0 Å². The summed E-state index contributed by atoms with van der Waals surface area (Å²) < 4.78 is 5.50. The Morgan fingerprint density at radius 3 is 3.06 bits per heavy atom. The SMILES string of the molecule is CC1C(=O)Nc2ccc(C(O)C3CCCO3)cc21. The maximum absolute atomic E-state index is 11.6. The molecule has 1 aromatic rings. The molecule has 0 aliphatic carbocycles. The molecule has 1 fully saturated rings. The number of hydrogen-bond donors (Lipinski definition) is 2. The quantitative estimate of drug-likeness (QED) is 0.839. The fourth-order valence-electron chi connectivity index (χ4n) is 2.69. The van der Waals surface area contributed by atoms with Crippen molar-refractivity contribution >= 4 is 11.6 Å². The van der Waals surface area contributed by atoms with Crippen LogP contribution in [0.1, 0.15) is 42.9 Å². The maximum Gasteiger partial charge on any atom is 0.231 e. The lowest BCUT2D eigenvalue weighted by Gasteiger charge is -2.18. The molecule has 1 amide bonds. The second kappa shape index (κ2) is 4.37. The van der Waals surface area contributed by atoms with E-state index < -0.39 is 6.10 Å². The number of amides is 1. The van der Waals surface area contributed by atoms with Crippen LogP contribution >= 0.6 is 0 Å². The van der Waals surface area contributed by atoms with Gasteiger partial charge in [0.2, 0.25) is 5.91 Å². The predicted molar refractivity (Wildman–Crippen MR) is 67.4 cm³/mol. The lowest BCUT2D eigenvalue weighted by Crippen LogP contribution is -2.17. The number of ether oxygens (including phenoxy) is 1. The van der Waals surface area contributed by atoms with Crippen LogP contribution in [0, 0.1) is 0 Å². The zero-order chi connectivity index (χ0) is 12.7. The Morgan fingerprint density at radius 2 is 2.33 bits per heavy atom. The van der Waals surface area contributed by atoms with Crippen LogP contribution in [-0.4, -0.2) is 23.7 Å². The monoisotopic (exact) mass is 247 g/mol. The van der Waals surface area contributed by atoms with E-state index in [0.29, 0.717) is 0 Å². The van der Waals surface area contributed by atoms with Crippen LogP contribution in [0.4, 0.5) is 5.69 Å². The largest absolute Gasteiger partial charge is 0.386 e. The molecule has 18 heavy (non-hydrogen) atoms. The van der Waals surface area contributed by atoms with Crippen LogP contribution in [0.2, 0.25) is 0 Å². The van der Waals surface area contributed by atoms with Gasteiger partial charge in [-0.1, -0.05) is 12.1 Å². The topological polar surface area (TPSA) is 58.6 Å². The third-order valence-corrected chi connectivity index (χ3v) is 3.85. The Bertz CT molecular complexity index is 480. The number of anilines is 1. The zero-order valence-corrected chi connectivity index (χ0v) is 10.3. The molecule has 0 aromatic heterocycles. The van der Waals surface area contributed by atoms with Gasteiger partial charge in [-0.05, 0) is 37.0 Å². The molecule has 2 heterocycles. The number of aliphatic hydroxyl groups is 1. The first-order valence-corrected chi connectivity index (χ1v) is 6.41. The molecule has 4 nitrogen and oxygen atoms in total. The van der Waals surface area contributed by atoms with Crippen molar-refractivity contribution in [1.29, 1.82) is 0 Å². The average molecular weight is 247 g/mol. The Kier molecular flexibility index (Phi) is 2.84. The highest BCUT2D eigenvalue weighted by molar-refractivity contribution is 6.02. The molecular formula is C14H17NO3. The van der Waals surface area contributed by atoms with E-state index in [2.05, 4.69) is 5.32 Å². The summed E-state index contributed by atoms with van der Waals surface area (Å²) in [6.45, 7) is 2.60. The highest BCUT2D eigenvalue weighted by Gasteiger charge is 2.30. The van der Waals surface area contributed by atoms with Gasteiger partial charge in [-0.25, -0.2) is 0 Å². The molecule has 0 saturated carbocycles. The fourth-order valence-corrected chi connectivity index (χ4v) is 2.69. The molecule has 2 aliphatic rings. The number of carbonyl (C=O) groups is 1. The summed E-state index contributed by atoms with van der Waals surface area (Å²) in [6, 6.07) is 5.65. The van der Waals surface area contributed by atoms with Gasteiger partial charge in [0.05, 0.1) is 12.0 Å². The number of fused-ring (bicyclic) bond motifs is 1. The first-order valence-electron chi connectivity index (χ1n) is 6.41. The van der Waals surface area contributed by atoms with Gasteiger partial charge in [-0.3, -0.25) is 4.79 Å². The molecular weight excluding hydrogens is 230 g/mol. The van der Waals surface area contributed by atoms with E-state index in [9.17, 15) is 9.90 Å². The minimum Gasteiger partial charge on any atom is -0.386 e. The first-order chi connectivity index (χ1) is 8.66. The molecule has 3 rings (SSSR count). The van der Waals surface area contributed by atoms with E-state index >= 15 is 0 Å². The highest BCUT2D eigenvalue weighted by Crippen LogP contribution is 2.35. The third kappa shape index (κ3) is 1.82. The van der Waals surface area contributed by atoms with Crippen molar-refractivity contribution in [1.82, 2.24) is 0 Å². The summed E-state index contributed by atoms with van der Waals surface area (Å²) in [6.07, 6.45) is 1.19. The van der Waals surface area contributed by atoms with E-state index in [1.807, 2.05) is 25.1 Å². The lowest BCUT2D eigenvalue weighted by atomic mass is 9.96. The number of rotatable bonds is 2. The van der Waals surface area contributed by atoms with E-state index in [0.717, 1.165) is 36.3 Å². The Labute approximate surface area is 106 Å². The van der Waals surface area contributed by atoms with Crippen LogP contribution in [0.25, 0.3) is 0 Å². The van der Waals surface area contributed by atoms with Crippen LogP contribution < -0.4 is 5.32 Å². The van der Waals surface area contributed by atoms with Crippen molar-refractivity contribution in [2.45, 2.75) is 37.9 Å². The number of aliphatic hydroxyl groups excluding tert-OH is 1. The minimum atomic E-state index is -0.597. The van der Waals surface area contributed by atoms with Crippen LogP contribution in [0.3, 0.4) is 0 Å². The molecule has 3 atom stereocenters. The molecule has 1 aromatic carbocycles. The second-order valence-corrected chi connectivity index (χ2v) is 5.05. The zero-order valence-electron chi connectivity index (χ0n) is 10.3. The molecule has 4 heteroatoms. The summed E-state index contributed by atoms with van der Waals surface area (Å²) in [5.41, 5.74) is 2.66. The molecule has 3 unspecified atom stereocenters. The summed E-state index contributed by atoms with van der Waals surface area (Å²) in [4.78, 5) is 11.6. The summed E-state index contributed by atoms with van der Waals surface area (Å²) >= 11 is 0. The van der Waals surface area contributed by atoms with E-state index in [4.69, 9.17) is 4.74 Å². The van der Waals surface area contributed by atoms with Crippen molar-refractivity contribution in [3.8, 4) is 0 Å². The Balaban J connectivity index is 1.88. The third-order valence-electron chi connectivity index (χ3n) is 3.85. The Morgan fingerprint density at radius 1 is 1.50 bits per heavy atom. The number of benzene rings is 1. The van der Waals surface area contributed by atoms with Gasteiger partial charge >= 0.3 is 0 Å². The first kappa shape index (κ1) is 11.7. The van der Waals surface area contributed by atoms with Gasteiger partial charge < -0.3 is 15.2 Å². The van der Waals surface area contributed by atoms with Crippen molar-refractivity contribution < 1.29 is 14.6 Å². The van der Waals surface area contributed by atoms with Gasteiger partial charge in [0.15, 0.2) is 0 Å². The summed E-state index contributed by atoms with van der Waals surface area (Å²) in [7, 11) is 0. The molecule has 0 radical (unpaired) electrons. The molecule has 1 saturated heterocycles. The second-order valence-electron chi connectivity index (χ2n) is 5.05. The minimum absolute atomic E-state index is 0.0220. The van der Waals surface area contributed by atoms with E-state index in [1.54, 1.807) is 0 Å². The average Bonchev–Trinajstić information content (AvgIpc) is 2.99. The van der Waals surface area contributed by atoms with Crippen molar-refractivity contribution in [3.05, 3.63) is 29.3 Å². The van der Waals surface area contributed by atoms with Crippen molar-refractivity contribution in [2.24, 2.45) is 0 Å². The molecule has 2 aliphatic heterocycles. The van der Waals surface area contributed by atoms with Crippen LogP contribution in [0.5, 0.6) is 0 Å². The van der Waals surface area contributed by atoms with Gasteiger partial charge in [0, 0.05) is 12.3 Å². The van der Waals surface area contributed by atoms with Crippen LogP contribution in [-0.2, 0) is 9.53 Å². The summed E-state index contributed by atoms with van der Waals surface area (Å²) in [5.74, 6) is -0.120. The highest BCUT2D eigenvalue weighted by atomic mass is 16.5. The summed E-state index contributed by atoms with van der Waals surface area (Å²) in [5, 5.41) is 13.1. The fraction of sp³-hybridized carbons (Fsp3) is 0.500. The smallest absolute Gasteiger partial charge is 0.231 e. The van der Waals surface area contributed by atoms with Gasteiger partial charge in [0.1, 0.15) is 6.10 Å². The van der Waals surface area contributed by atoms with Gasteiger partial charge in [0.25, 0.3) is 0 Å². The van der Waals surface area contributed by atoms with Crippen LogP contribution in [0.15, 0.2) is 18.2 Å². The molecule has 96 valence electrons. The Hall–Kier alpha value is -1.39. The predicted octanol–water partition coefficient (Wildman–Crippen LogP) is 1.95. The number of hydrogen-bond acceptors (Lipinski definition) is 3. The molecule has 0 bridgehead atoms. The van der Waals surface area contributed by atoms with Gasteiger partial charge in [-0.2, -0.15) is 0 Å². The lowest BCUT2D eigenvalue weighted by molar-refractivity contribution is -0.116.